The lowest BCUT2D eigenvalue weighted by Crippen LogP contribution is -2.30. The van der Waals surface area contributed by atoms with Gasteiger partial charge in [0.1, 0.15) is 0 Å². The van der Waals surface area contributed by atoms with E-state index in [1.807, 2.05) is 30.3 Å². The Morgan fingerprint density at radius 1 is 1.06 bits per heavy atom. The van der Waals surface area contributed by atoms with Gasteiger partial charge in [-0.05, 0) is 48.4 Å². The van der Waals surface area contributed by atoms with Gasteiger partial charge in [-0.25, -0.2) is 13.4 Å². The zero-order chi connectivity index (χ0) is 22.6. The number of fused-ring (bicyclic) bond motifs is 1. The molecule has 0 radical (unpaired) electrons. The number of halogens is 1. The zero-order valence-corrected chi connectivity index (χ0v) is 20.2. The van der Waals surface area contributed by atoms with Gasteiger partial charge in [-0.2, -0.15) is 0 Å². The minimum Gasteiger partial charge on any atom is -0.284 e. The molecule has 0 saturated carbocycles. The molecule has 0 bridgehead atoms. The van der Waals surface area contributed by atoms with Crippen molar-refractivity contribution in [2.24, 2.45) is 0 Å². The third kappa shape index (κ3) is 5.40. The molecule has 9 heteroatoms. The van der Waals surface area contributed by atoms with Crippen LogP contribution in [0.2, 0.25) is 0 Å². The minimum atomic E-state index is -3.43. The summed E-state index contributed by atoms with van der Waals surface area (Å²) in [7, 11) is -3.43. The number of thiazole rings is 1. The Labute approximate surface area is 199 Å². The van der Waals surface area contributed by atoms with Crippen LogP contribution in [-0.2, 0) is 21.2 Å². The number of carbonyl (C=O) groups excluding carboxylic acids is 1. The molecule has 2 aromatic heterocycles. The molecule has 0 saturated heterocycles. The van der Waals surface area contributed by atoms with Gasteiger partial charge in [0.2, 0.25) is 5.91 Å². The van der Waals surface area contributed by atoms with Gasteiger partial charge in [-0.3, -0.25) is 14.7 Å². The van der Waals surface area contributed by atoms with Crippen LogP contribution in [0.15, 0.2) is 82.4 Å². The van der Waals surface area contributed by atoms with Crippen LogP contribution in [0.5, 0.6) is 0 Å². The van der Waals surface area contributed by atoms with E-state index in [2.05, 4.69) is 25.9 Å². The quantitative estimate of drug-likeness (QED) is 0.311. The fourth-order valence-corrected chi connectivity index (χ4v) is 6.10. The molecule has 0 aliphatic rings. The molecule has 0 atom stereocenters. The number of rotatable bonds is 8. The number of benzene rings is 2. The zero-order valence-electron chi connectivity index (χ0n) is 17.0. The number of amides is 1. The smallest absolute Gasteiger partial charge is 0.229 e. The van der Waals surface area contributed by atoms with E-state index >= 15 is 0 Å². The van der Waals surface area contributed by atoms with Crippen LogP contribution in [0, 0.1) is 0 Å². The Kier molecular flexibility index (Phi) is 6.98. The normalized spacial score (nSPS) is 11.5. The maximum atomic E-state index is 13.2. The van der Waals surface area contributed by atoms with Gasteiger partial charge >= 0.3 is 0 Å². The first-order valence-corrected chi connectivity index (χ1v) is 13.2. The summed E-state index contributed by atoms with van der Waals surface area (Å²) in [6.07, 6.45) is 3.73. The number of sulfone groups is 1. The summed E-state index contributed by atoms with van der Waals surface area (Å²) in [5, 5.41) is 0.581. The maximum Gasteiger partial charge on any atom is 0.229 e. The molecule has 0 unspecified atom stereocenters. The Morgan fingerprint density at radius 2 is 1.88 bits per heavy atom. The lowest BCUT2D eigenvalue weighted by Gasteiger charge is -2.20. The van der Waals surface area contributed by atoms with Crippen molar-refractivity contribution in [1.29, 1.82) is 0 Å². The van der Waals surface area contributed by atoms with Crippen LogP contribution in [-0.4, -0.2) is 30.0 Å². The summed E-state index contributed by atoms with van der Waals surface area (Å²) in [6.45, 7) is 0.319. The summed E-state index contributed by atoms with van der Waals surface area (Å²) in [5.74, 6) is -0.258. The molecule has 4 rings (SSSR count). The summed E-state index contributed by atoms with van der Waals surface area (Å²) in [5.41, 5.74) is 1.68. The van der Waals surface area contributed by atoms with Gasteiger partial charge in [0.25, 0.3) is 0 Å². The number of pyridine rings is 1. The Morgan fingerprint density at radius 3 is 2.62 bits per heavy atom. The molecule has 1 amide bonds. The fraction of sp³-hybridized carbons (Fsp3) is 0.174. The predicted molar refractivity (Wildman–Crippen MR) is 130 cm³/mol. The molecule has 0 spiro atoms. The van der Waals surface area contributed by atoms with Gasteiger partial charge in [-0.15, -0.1) is 0 Å². The number of aromatic nitrogens is 2. The van der Waals surface area contributed by atoms with Crippen LogP contribution in [0.4, 0.5) is 5.13 Å². The van der Waals surface area contributed by atoms with Crippen LogP contribution in [0.3, 0.4) is 0 Å². The summed E-state index contributed by atoms with van der Waals surface area (Å²) in [4.78, 5) is 23.8. The Hall–Kier alpha value is -2.62. The molecule has 164 valence electrons. The molecule has 0 aliphatic carbocycles. The van der Waals surface area contributed by atoms with E-state index in [1.54, 1.807) is 47.6 Å². The number of carbonyl (C=O) groups is 1. The van der Waals surface area contributed by atoms with E-state index in [1.165, 1.54) is 11.3 Å². The molecule has 0 aliphatic heterocycles. The first-order valence-electron chi connectivity index (χ1n) is 9.95. The van der Waals surface area contributed by atoms with Gasteiger partial charge in [-0.1, -0.05) is 51.5 Å². The highest BCUT2D eigenvalue weighted by molar-refractivity contribution is 9.10. The van der Waals surface area contributed by atoms with E-state index in [0.29, 0.717) is 11.7 Å². The van der Waals surface area contributed by atoms with E-state index in [0.717, 1.165) is 20.3 Å². The van der Waals surface area contributed by atoms with Crippen LogP contribution >= 0.6 is 27.3 Å². The second-order valence-electron chi connectivity index (χ2n) is 7.19. The van der Waals surface area contributed by atoms with Crippen LogP contribution in [0.1, 0.15) is 18.4 Å². The molecule has 2 aromatic carbocycles. The third-order valence-corrected chi connectivity index (χ3v) is 8.19. The van der Waals surface area contributed by atoms with Crippen molar-refractivity contribution < 1.29 is 13.2 Å². The lowest BCUT2D eigenvalue weighted by atomic mass is 10.2. The van der Waals surface area contributed by atoms with E-state index in [4.69, 9.17) is 0 Å². The Balaban J connectivity index is 1.53. The molecule has 4 aromatic rings. The van der Waals surface area contributed by atoms with Gasteiger partial charge < -0.3 is 0 Å². The highest BCUT2D eigenvalue weighted by Gasteiger charge is 2.22. The van der Waals surface area contributed by atoms with Crippen molar-refractivity contribution in [2.75, 3.05) is 10.7 Å². The third-order valence-electron chi connectivity index (χ3n) is 4.84. The molecule has 32 heavy (non-hydrogen) atoms. The minimum absolute atomic E-state index is 0.0870. The summed E-state index contributed by atoms with van der Waals surface area (Å²) >= 11 is 4.89. The van der Waals surface area contributed by atoms with Crippen molar-refractivity contribution in [3.63, 3.8) is 0 Å². The summed E-state index contributed by atoms with van der Waals surface area (Å²) < 4.78 is 27.0. The van der Waals surface area contributed by atoms with E-state index < -0.39 is 9.84 Å². The number of anilines is 1. The average Bonchev–Trinajstić information content (AvgIpc) is 3.21. The van der Waals surface area contributed by atoms with Crippen LogP contribution < -0.4 is 4.90 Å². The SMILES string of the molecule is O=C(CCCS(=O)(=O)c1ccccc1)N(Cc1cccnc1)c1nc2ccc(Br)cc2s1. The van der Waals surface area contributed by atoms with Crippen molar-refractivity contribution in [2.45, 2.75) is 24.3 Å². The highest BCUT2D eigenvalue weighted by Crippen LogP contribution is 2.32. The molecular weight excluding hydrogens is 510 g/mol. The van der Waals surface area contributed by atoms with E-state index in [9.17, 15) is 13.2 Å². The first kappa shape index (κ1) is 22.6. The largest absolute Gasteiger partial charge is 0.284 e. The molecule has 2 heterocycles. The maximum absolute atomic E-state index is 13.2. The topological polar surface area (TPSA) is 80.2 Å². The van der Waals surface area contributed by atoms with Crippen molar-refractivity contribution in [3.05, 3.63) is 83.1 Å². The number of hydrogen-bond acceptors (Lipinski definition) is 6. The monoisotopic (exact) mass is 529 g/mol. The van der Waals surface area contributed by atoms with Gasteiger partial charge in [0, 0.05) is 23.3 Å². The predicted octanol–water partition coefficient (Wildman–Crippen LogP) is 5.24. The van der Waals surface area contributed by atoms with Gasteiger partial charge in [0.05, 0.1) is 27.4 Å². The molecule has 0 N–H and O–H groups in total. The van der Waals surface area contributed by atoms with Crippen LogP contribution in [0.25, 0.3) is 10.2 Å². The fourth-order valence-electron chi connectivity index (χ4n) is 3.23. The van der Waals surface area contributed by atoms with Crippen molar-refractivity contribution >= 4 is 58.4 Å². The van der Waals surface area contributed by atoms with Crippen molar-refractivity contribution in [3.8, 4) is 0 Å². The van der Waals surface area contributed by atoms with Gasteiger partial charge in [0.15, 0.2) is 15.0 Å². The first-order chi connectivity index (χ1) is 15.4. The van der Waals surface area contributed by atoms with E-state index in [-0.39, 0.29) is 29.4 Å². The summed E-state index contributed by atoms with van der Waals surface area (Å²) in [6, 6.07) is 17.8. The molecule has 6 nitrogen and oxygen atoms in total. The Bertz CT molecular complexity index is 1330. The second kappa shape index (κ2) is 9.89. The standard InChI is InChI=1S/C23H20BrN3O3S2/c24-18-10-11-20-21(14-18)31-23(26-20)27(16-17-6-4-12-25-15-17)22(28)9-5-13-32(29,30)19-7-2-1-3-8-19/h1-4,6-8,10-12,14-15H,5,9,13,16H2. The highest BCUT2D eigenvalue weighted by atomic mass is 79.9. The number of hydrogen-bond donors (Lipinski definition) is 0. The molecular formula is C23H20BrN3O3S2. The second-order valence-corrected chi connectivity index (χ2v) is 11.2. The average molecular weight is 530 g/mol. The number of nitrogens with zero attached hydrogens (tertiary/aromatic N) is 3. The van der Waals surface area contributed by atoms with Crippen molar-refractivity contribution in [1.82, 2.24) is 9.97 Å². The lowest BCUT2D eigenvalue weighted by molar-refractivity contribution is -0.118. The molecule has 0 fully saturated rings.